The van der Waals surface area contributed by atoms with Crippen molar-refractivity contribution < 1.29 is 61.5 Å². The van der Waals surface area contributed by atoms with Gasteiger partial charge in [0.2, 0.25) is 0 Å². The van der Waals surface area contributed by atoms with Crippen LogP contribution >= 0.6 is 11.3 Å². The highest BCUT2D eigenvalue weighted by Gasteiger charge is 2.77. The molecule has 1 aliphatic carbocycles. The van der Waals surface area contributed by atoms with Crippen LogP contribution in [0.15, 0.2) is 29.1 Å². The summed E-state index contributed by atoms with van der Waals surface area (Å²) in [6.45, 7) is 0. The van der Waals surface area contributed by atoms with Crippen molar-refractivity contribution in [1.29, 1.82) is 0 Å². The van der Waals surface area contributed by atoms with E-state index in [-0.39, 0.29) is 27.2 Å². The molecular formula is C20H10F14N2OS. The van der Waals surface area contributed by atoms with E-state index in [1.807, 2.05) is 0 Å². The molecule has 0 bridgehead atoms. The van der Waals surface area contributed by atoms with Crippen molar-refractivity contribution in [2.24, 2.45) is 0 Å². The number of aromatic nitrogens is 1. The minimum absolute atomic E-state index is 0.115. The Bertz CT molecular complexity index is 1410. The van der Waals surface area contributed by atoms with Crippen LogP contribution in [0.4, 0.5) is 67.2 Å². The van der Waals surface area contributed by atoms with Crippen molar-refractivity contribution in [2.45, 2.75) is 36.0 Å². The van der Waals surface area contributed by atoms with Crippen LogP contribution in [-0.2, 0) is 11.8 Å². The number of halogens is 14. The maximum absolute atomic E-state index is 14.8. The predicted molar refractivity (Wildman–Crippen MR) is 107 cm³/mol. The molecule has 2 aliphatic rings. The minimum atomic E-state index is -7.15. The van der Waals surface area contributed by atoms with Gasteiger partial charge in [-0.25, -0.2) is 4.98 Å². The highest BCUT2D eigenvalue weighted by molar-refractivity contribution is 7.21. The molecule has 210 valence electrons. The lowest BCUT2D eigenvalue weighted by Crippen LogP contribution is -2.54. The Kier molecular flexibility index (Phi) is 6.66. The second-order valence-corrected chi connectivity index (χ2v) is 9.08. The largest absolute Gasteiger partial charge is 0.460 e. The lowest BCUT2D eigenvalue weighted by Gasteiger charge is -2.31. The fourth-order valence-corrected chi connectivity index (χ4v) is 4.37. The molecule has 3 rings (SSSR count). The van der Waals surface area contributed by atoms with Crippen molar-refractivity contribution >= 4 is 27.2 Å². The second kappa shape index (κ2) is 8.54. The molecule has 0 saturated carbocycles. The van der Waals surface area contributed by atoms with E-state index in [4.69, 9.17) is 0 Å². The number of nitrogens with zero attached hydrogens (tertiary/aromatic N) is 2. The third-order valence-electron chi connectivity index (χ3n) is 5.28. The number of hydrogen-bond acceptors (Lipinski definition) is 4. The Balaban J connectivity index is 2.57. The Morgan fingerprint density at radius 1 is 0.737 bits per heavy atom. The Labute approximate surface area is 205 Å². The van der Waals surface area contributed by atoms with E-state index in [1.54, 1.807) is 0 Å². The molecule has 0 radical (unpaired) electrons. The van der Waals surface area contributed by atoms with Gasteiger partial charge in [0, 0.05) is 19.8 Å². The molecule has 0 fully saturated rings. The Morgan fingerprint density at radius 2 is 1.24 bits per heavy atom. The summed E-state index contributed by atoms with van der Waals surface area (Å²) in [7, 11) is 2.93. The maximum atomic E-state index is 14.8. The SMILES string of the molecule is CN(C)c1ccc2nc3cc(C(F)(F)C(F)(F)C(F)(F)F)c(=O)c(C(F)(F)C(F)(F)C(F)(F)F)c-3sc2c1. The van der Waals surface area contributed by atoms with Gasteiger partial charge in [0.15, 0.2) is 5.43 Å². The first-order chi connectivity index (χ1) is 16.9. The third-order valence-corrected chi connectivity index (χ3v) is 6.44. The van der Waals surface area contributed by atoms with Gasteiger partial charge in [0.05, 0.1) is 31.9 Å². The zero-order valence-electron chi connectivity index (χ0n) is 18.3. The number of benzene rings is 2. The highest BCUT2D eigenvalue weighted by atomic mass is 32.1. The van der Waals surface area contributed by atoms with Gasteiger partial charge >= 0.3 is 36.0 Å². The third kappa shape index (κ3) is 4.20. The van der Waals surface area contributed by atoms with E-state index in [1.165, 1.54) is 25.1 Å². The topological polar surface area (TPSA) is 33.2 Å². The number of hydrogen-bond donors (Lipinski definition) is 0. The second-order valence-electron chi connectivity index (χ2n) is 8.03. The number of anilines is 1. The van der Waals surface area contributed by atoms with Gasteiger partial charge in [0.25, 0.3) is 0 Å². The van der Waals surface area contributed by atoms with Gasteiger partial charge < -0.3 is 4.90 Å². The van der Waals surface area contributed by atoms with E-state index < -0.39 is 69.2 Å². The summed E-state index contributed by atoms with van der Waals surface area (Å²) in [6.07, 6.45) is -14.2. The molecule has 0 spiro atoms. The number of rotatable bonds is 5. The maximum Gasteiger partial charge on any atom is 0.460 e. The van der Waals surface area contributed by atoms with Crippen LogP contribution in [0.2, 0.25) is 0 Å². The fourth-order valence-electron chi connectivity index (χ4n) is 3.22. The van der Waals surface area contributed by atoms with Crippen LogP contribution in [0.5, 0.6) is 0 Å². The van der Waals surface area contributed by atoms with Gasteiger partial charge in [-0.1, -0.05) is 0 Å². The van der Waals surface area contributed by atoms with E-state index in [0.29, 0.717) is 0 Å². The summed E-state index contributed by atoms with van der Waals surface area (Å²) in [5.41, 5.74) is -10.9. The van der Waals surface area contributed by atoms with Crippen molar-refractivity contribution in [2.75, 3.05) is 19.0 Å². The molecule has 3 nitrogen and oxygen atoms in total. The number of fused-ring (bicyclic) bond motifs is 2. The van der Waals surface area contributed by atoms with Gasteiger partial charge in [-0.15, -0.1) is 11.3 Å². The molecule has 0 saturated heterocycles. The Hall–Kier alpha value is -2.92. The zero-order chi connectivity index (χ0) is 29.4. The van der Waals surface area contributed by atoms with Crippen LogP contribution < -0.4 is 10.3 Å². The molecule has 0 amide bonds. The van der Waals surface area contributed by atoms with Gasteiger partial charge in [-0.05, 0) is 24.3 Å². The predicted octanol–water partition coefficient (Wildman–Crippen LogP) is 7.41. The monoisotopic (exact) mass is 592 g/mol. The first-order valence-electron chi connectivity index (χ1n) is 9.64. The molecule has 38 heavy (non-hydrogen) atoms. The normalized spacial score (nSPS) is 14.4. The average molecular weight is 592 g/mol. The molecule has 1 heterocycles. The Morgan fingerprint density at radius 3 is 1.71 bits per heavy atom. The standard InChI is InChI=1S/C20H10F14N2OS/c1-36(2)7-3-4-9-11(5-7)38-14-10(35-9)6-8(15(21,22)17(25,26)19(29,30)31)13(37)12(14)16(23,24)18(27,28)20(32,33)34/h3-6H,1-2H3. The van der Waals surface area contributed by atoms with Crippen molar-refractivity contribution in [3.05, 3.63) is 45.6 Å². The smallest absolute Gasteiger partial charge is 0.378 e. The highest BCUT2D eigenvalue weighted by Crippen LogP contribution is 2.56. The lowest BCUT2D eigenvalue weighted by atomic mass is 9.91. The van der Waals surface area contributed by atoms with E-state index in [2.05, 4.69) is 4.98 Å². The van der Waals surface area contributed by atoms with E-state index in [9.17, 15) is 66.3 Å². The molecule has 0 atom stereocenters. The fraction of sp³-hybridized carbons (Fsp3) is 0.400. The summed E-state index contributed by atoms with van der Waals surface area (Å²) >= 11 is -0.115. The van der Waals surface area contributed by atoms with Gasteiger partial charge in [-0.2, -0.15) is 61.5 Å². The molecular weight excluding hydrogens is 582 g/mol. The first kappa shape index (κ1) is 29.6. The minimum Gasteiger partial charge on any atom is -0.378 e. The molecule has 0 aromatic heterocycles. The molecule has 0 unspecified atom stereocenters. The summed E-state index contributed by atoms with van der Waals surface area (Å²) in [5, 5.41) is 0. The van der Waals surface area contributed by atoms with Crippen LogP contribution in [0.25, 0.3) is 20.8 Å². The van der Waals surface area contributed by atoms with Crippen molar-refractivity contribution in [1.82, 2.24) is 4.98 Å². The first-order valence-corrected chi connectivity index (χ1v) is 10.5. The van der Waals surface area contributed by atoms with E-state index >= 15 is 0 Å². The van der Waals surface area contributed by atoms with Crippen LogP contribution in [0.3, 0.4) is 0 Å². The summed E-state index contributed by atoms with van der Waals surface area (Å²) in [6, 6.07) is 3.02. The molecule has 1 aliphatic heterocycles. The molecule has 1 aromatic rings. The summed E-state index contributed by atoms with van der Waals surface area (Å²) < 4.78 is 190. The van der Waals surface area contributed by atoms with Crippen LogP contribution in [0.1, 0.15) is 11.1 Å². The molecule has 18 heteroatoms. The quantitative estimate of drug-likeness (QED) is 0.229. The zero-order valence-corrected chi connectivity index (χ0v) is 19.1. The van der Waals surface area contributed by atoms with Crippen LogP contribution in [0, 0.1) is 0 Å². The van der Waals surface area contributed by atoms with Gasteiger partial charge in [0.1, 0.15) is 0 Å². The van der Waals surface area contributed by atoms with Gasteiger partial charge in [-0.3, -0.25) is 4.79 Å². The van der Waals surface area contributed by atoms with Crippen molar-refractivity contribution in [3.8, 4) is 10.6 Å². The molecule has 1 aromatic carbocycles. The summed E-state index contributed by atoms with van der Waals surface area (Å²) in [4.78, 5) is 15.9. The lowest BCUT2D eigenvalue weighted by molar-refractivity contribution is -0.361. The number of alkyl halides is 14. The molecule has 0 N–H and O–H groups in total. The van der Waals surface area contributed by atoms with E-state index in [0.717, 1.165) is 12.1 Å². The average Bonchev–Trinajstić information content (AvgIpc) is 2.74. The summed E-state index contributed by atoms with van der Waals surface area (Å²) in [5.74, 6) is -27.7. The van der Waals surface area contributed by atoms with Crippen molar-refractivity contribution in [3.63, 3.8) is 0 Å². The van der Waals surface area contributed by atoms with Crippen LogP contribution in [-0.4, -0.2) is 43.3 Å².